The Labute approximate surface area is 106 Å². The Morgan fingerprint density at radius 3 is 2.68 bits per heavy atom. The van der Waals surface area contributed by atoms with Crippen LogP contribution in [-0.4, -0.2) is 30.6 Å². The molecule has 0 unspecified atom stereocenters. The molecular weight excluding hydrogens is 260 g/mol. The van der Waals surface area contributed by atoms with Crippen LogP contribution in [-0.2, 0) is 14.3 Å². The van der Waals surface area contributed by atoms with E-state index in [-0.39, 0.29) is 30.9 Å². The number of benzene rings is 1. The molecule has 9 heteroatoms. The second-order valence-corrected chi connectivity index (χ2v) is 3.19. The lowest BCUT2D eigenvalue weighted by molar-refractivity contribution is -0.384. The molecule has 0 fully saturated rings. The number of hydrogen-bond donors (Lipinski definition) is 0. The number of hydrogen-bond acceptors (Lipinski definition) is 8. The summed E-state index contributed by atoms with van der Waals surface area (Å²) in [5.74, 6) is -0.886. The molecule has 0 saturated heterocycles. The van der Waals surface area contributed by atoms with Gasteiger partial charge in [-0.25, -0.2) is 4.79 Å². The van der Waals surface area contributed by atoms with E-state index in [1.54, 1.807) is 0 Å². The number of ether oxygens (including phenoxy) is 2. The van der Waals surface area contributed by atoms with Gasteiger partial charge < -0.3 is 9.47 Å². The zero-order valence-corrected chi connectivity index (χ0v) is 9.48. The first kappa shape index (κ1) is 14.2. The van der Waals surface area contributed by atoms with Crippen LogP contribution < -0.4 is 0 Å². The van der Waals surface area contributed by atoms with E-state index >= 15 is 0 Å². The van der Waals surface area contributed by atoms with Crippen LogP contribution in [0.1, 0.15) is 10.4 Å². The maximum Gasteiger partial charge on any atom is 0.338 e. The minimum atomic E-state index is -0.886. The van der Waals surface area contributed by atoms with Crippen molar-refractivity contribution < 1.29 is 24.0 Å². The maximum atomic E-state index is 11.5. The van der Waals surface area contributed by atoms with Gasteiger partial charge in [0.2, 0.25) is 0 Å². The van der Waals surface area contributed by atoms with E-state index in [2.05, 4.69) is 14.7 Å². The molecular formula is C10H8N2O7. The average Bonchev–Trinajstić information content (AvgIpc) is 2.42. The molecule has 0 amide bonds. The van der Waals surface area contributed by atoms with E-state index in [1.165, 1.54) is 0 Å². The first-order chi connectivity index (χ1) is 9.08. The maximum absolute atomic E-state index is 11.5. The Bertz CT molecular complexity index is 515. The van der Waals surface area contributed by atoms with Crippen LogP contribution in [0.15, 0.2) is 23.4 Å². The highest BCUT2D eigenvalue weighted by molar-refractivity contribution is 5.91. The van der Waals surface area contributed by atoms with Gasteiger partial charge in [0.1, 0.15) is 18.9 Å². The minimum absolute atomic E-state index is 0.136. The van der Waals surface area contributed by atoms with Gasteiger partial charge in [0.25, 0.3) is 12.2 Å². The third-order valence-electron chi connectivity index (χ3n) is 1.96. The van der Waals surface area contributed by atoms with Crippen molar-refractivity contribution in [1.29, 1.82) is 0 Å². The molecule has 1 aromatic rings. The Morgan fingerprint density at radius 2 is 2.11 bits per heavy atom. The summed E-state index contributed by atoms with van der Waals surface area (Å²) in [5.41, 5.74) is -0.895. The second kappa shape index (κ2) is 6.79. The van der Waals surface area contributed by atoms with Crippen LogP contribution in [0.2, 0.25) is 0 Å². The molecule has 9 nitrogen and oxygen atoms in total. The van der Waals surface area contributed by atoms with Crippen LogP contribution in [0, 0.1) is 15.0 Å². The van der Waals surface area contributed by atoms with Crippen LogP contribution >= 0.6 is 0 Å². The van der Waals surface area contributed by atoms with Gasteiger partial charge in [-0.1, -0.05) is 0 Å². The third-order valence-corrected chi connectivity index (χ3v) is 1.96. The largest absolute Gasteiger partial charge is 0.464 e. The molecule has 0 atom stereocenters. The summed E-state index contributed by atoms with van der Waals surface area (Å²) in [6, 6.07) is 2.94. The number of nitro benzene ring substituents is 1. The number of carbonyl (C=O) groups excluding carboxylic acids is 2. The summed E-state index contributed by atoms with van der Waals surface area (Å²) >= 11 is 0. The predicted molar refractivity (Wildman–Crippen MR) is 60.8 cm³/mol. The molecule has 1 aromatic carbocycles. The summed E-state index contributed by atoms with van der Waals surface area (Å²) in [5, 5.41) is 13.1. The van der Waals surface area contributed by atoms with Crippen molar-refractivity contribution in [2.75, 3.05) is 13.2 Å². The first-order valence-corrected chi connectivity index (χ1v) is 4.93. The number of nitrogens with zero attached hydrogens (tertiary/aromatic N) is 2. The van der Waals surface area contributed by atoms with Gasteiger partial charge in [-0.15, -0.1) is 4.91 Å². The van der Waals surface area contributed by atoms with Crippen molar-refractivity contribution in [2.45, 2.75) is 0 Å². The fourth-order valence-electron chi connectivity index (χ4n) is 1.19. The number of carbonyl (C=O) groups is 2. The molecule has 0 bridgehead atoms. The van der Waals surface area contributed by atoms with Gasteiger partial charge in [0.15, 0.2) is 0 Å². The molecule has 0 aliphatic rings. The molecule has 0 saturated carbocycles. The van der Waals surface area contributed by atoms with Crippen LogP contribution in [0.5, 0.6) is 0 Å². The van der Waals surface area contributed by atoms with Gasteiger partial charge in [-0.2, -0.15) is 0 Å². The summed E-state index contributed by atoms with van der Waals surface area (Å²) in [6.07, 6.45) is 0. The van der Waals surface area contributed by atoms with Gasteiger partial charge in [0, 0.05) is 12.1 Å². The first-order valence-electron chi connectivity index (χ1n) is 4.93. The quantitative estimate of drug-likeness (QED) is 0.182. The summed E-state index contributed by atoms with van der Waals surface area (Å²) in [7, 11) is 0. The van der Waals surface area contributed by atoms with Gasteiger partial charge in [-0.3, -0.25) is 14.9 Å². The molecule has 0 heterocycles. The van der Waals surface area contributed by atoms with Gasteiger partial charge >= 0.3 is 5.97 Å². The molecule has 0 aliphatic heterocycles. The highest BCUT2D eigenvalue weighted by Crippen LogP contribution is 2.23. The molecule has 100 valence electrons. The number of nitro groups is 1. The zero-order chi connectivity index (χ0) is 14.3. The molecule has 0 radical (unpaired) electrons. The highest BCUT2D eigenvalue weighted by Gasteiger charge is 2.16. The fourth-order valence-corrected chi connectivity index (χ4v) is 1.19. The van der Waals surface area contributed by atoms with Gasteiger partial charge in [-0.05, 0) is 11.2 Å². The van der Waals surface area contributed by atoms with E-state index < -0.39 is 16.6 Å². The molecule has 19 heavy (non-hydrogen) atoms. The normalized spacial score (nSPS) is 9.47. The minimum Gasteiger partial charge on any atom is -0.464 e. The Morgan fingerprint density at radius 1 is 1.37 bits per heavy atom. The topological polar surface area (TPSA) is 125 Å². The molecule has 0 aliphatic carbocycles. The zero-order valence-electron chi connectivity index (χ0n) is 9.48. The second-order valence-electron chi connectivity index (χ2n) is 3.19. The lowest BCUT2D eigenvalue weighted by Gasteiger charge is -2.04. The standard InChI is InChI=1S/C10H8N2O7/c13-6-18-1-2-19-10(14)7-3-8(11-15)5-9(4-7)12(16)17/h3-6H,1-2H2. The number of non-ortho nitro benzene ring substituents is 1. The van der Waals surface area contributed by atoms with Crippen LogP contribution in [0.25, 0.3) is 0 Å². The van der Waals surface area contributed by atoms with Gasteiger partial charge in [0.05, 0.1) is 10.5 Å². The fraction of sp³-hybridized carbons (Fsp3) is 0.200. The molecule has 0 aromatic heterocycles. The van der Waals surface area contributed by atoms with E-state index in [0.717, 1.165) is 18.2 Å². The predicted octanol–water partition coefficient (Wildman–Crippen LogP) is 1.32. The molecule has 0 N–H and O–H groups in total. The van der Waals surface area contributed by atoms with Crippen molar-refractivity contribution in [3.8, 4) is 0 Å². The lowest BCUT2D eigenvalue weighted by atomic mass is 10.2. The van der Waals surface area contributed by atoms with Crippen LogP contribution in [0.4, 0.5) is 11.4 Å². The van der Waals surface area contributed by atoms with Crippen molar-refractivity contribution in [3.63, 3.8) is 0 Å². The Balaban J connectivity index is 2.83. The Hall–Kier alpha value is -2.84. The summed E-state index contributed by atoms with van der Waals surface area (Å²) in [4.78, 5) is 41.6. The molecule has 1 rings (SSSR count). The van der Waals surface area contributed by atoms with E-state index in [4.69, 9.17) is 0 Å². The number of nitroso groups, excluding NO2 is 1. The third kappa shape index (κ3) is 4.15. The van der Waals surface area contributed by atoms with Crippen molar-refractivity contribution in [2.24, 2.45) is 5.18 Å². The number of rotatable bonds is 7. The van der Waals surface area contributed by atoms with Crippen molar-refractivity contribution >= 4 is 23.8 Å². The van der Waals surface area contributed by atoms with Crippen LogP contribution in [0.3, 0.4) is 0 Å². The lowest BCUT2D eigenvalue weighted by Crippen LogP contribution is -2.10. The number of esters is 1. The monoisotopic (exact) mass is 268 g/mol. The van der Waals surface area contributed by atoms with Crippen molar-refractivity contribution in [1.82, 2.24) is 0 Å². The SMILES string of the molecule is O=COCCOC(=O)c1cc(N=O)cc([N+](=O)[O-])c1. The highest BCUT2D eigenvalue weighted by atomic mass is 16.6. The van der Waals surface area contributed by atoms with E-state index in [9.17, 15) is 24.6 Å². The summed E-state index contributed by atoms with van der Waals surface area (Å²) < 4.78 is 8.97. The smallest absolute Gasteiger partial charge is 0.338 e. The Kier molecular flexibility index (Phi) is 5.08. The molecule has 0 spiro atoms. The van der Waals surface area contributed by atoms with E-state index in [0.29, 0.717) is 0 Å². The van der Waals surface area contributed by atoms with Crippen molar-refractivity contribution in [3.05, 3.63) is 38.8 Å². The van der Waals surface area contributed by atoms with E-state index in [1.807, 2.05) is 0 Å². The average molecular weight is 268 g/mol. The summed E-state index contributed by atoms with van der Waals surface area (Å²) in [6.45, 7) is -0.150.